The van der Waals surface area contributed by atoms with E-state index in [-0.39, 0.29) is 17.4 Å². The van der Waals surface area contributed by atoms with Gasteiger partial charge in [0.15, 0.2) is 0 Å². The second-order valence-corrected chi connectivity index (χ2v) is 9.01. The molecule has 9 nitrogen and oxygen atoms in total. The molecule has 32 heavy (non-hydrogen) atoms. The van der Waals surface area contributed by atoms with E-state index in [4.69, 9.17) is 18.9 Å². The third-order valence-electron chi connectivity index (χ3n) is 6.27. The summed E-state index contributed by atoms with van der Waals surface area (Å²) < 4.78 is 22.3. The van der Waals surface area contributed by atoms with Crippen molar-refractivity contribution in [3.63, 3.8) is 0 Å². The van der Waals surface area contributed by atoms with Crippen molar-refractivity contribution >= 4 is 11.8 Å². The first-order valence-corrected chi connectivity index (χ1v) is 10.7. The quantitative estimate of drug-likeness (QED) is 0.157. The van der Waals surface area contributed by atoms with E-state index < -0.39 is 34.5 Å². The number of hydrogen-bond acceptors (Lipinski definition) is 8. The van der Waals surface area contributed by atoms with E-state index >= 15 is 0 Å². The lowest BCUT2D eigenvalue weighted by molar-refractivity contribution is -0.384. The lowest BCUT2D eigenvalue weighted by Crippen LogP contribution is -2.58. The Morgan fingerprint density at radius 1 is 1.38 bits per heavy atom. The zero-order chi connectivity index (χ0) is 23.5. The second-order valence-electron chi connectivity index (χ2n) is 9.01. The number of methoxy groups -OCH3 is 1. The summed E-state index contributed by atoms with van der Waals surface area (Å²) in [6, 6.07) is 5.15. The fourth-order valence-corrected chi connectivity index (χ4v) is 4.66. The van der Waals surface area contributed by atoms with Gasteiger partial charge in [0, 0.05) is 25.2 Å². The third-order valence-corrected chi connectivity index (χ3v) is 6.27. The summed E-state index contributed by atoms with van der Waals surface area (Å²) in [5.74, 6) is -0.242. The van der Waals surface area contributed by atoms with E-state index in [1.165, 1.54) is 36.9 Å². The Balaban J connectivity index is 1.69. The number of nitro benzene ring substituents is 1. The molecule has 0 radical (unpaired) electrons. The molecular formula is C23H31NO8. The molecule has 1 N–H and O–H groups in total. The Kier molecular flexibility index (Phi) is 7.22. The van der Waals surface area contributed by atoms with Crippen molar-refractivity contribution in [2.75, 3.05) is 13.7 Å². The van der Waals surface area contributed by atoms with Gasteiger partial charge in [-0.1, -0.05) is 11.6 Å². The molecule has 1 aromatic carbocycles. The van der Waals surface area contributed by atoms with Crippen molar-refractivity contribution in [1.82, 2.24) is 0 Å². The number of ether oxygens (including phenoxy) is 4. The Labute approximate surface area is 187 Å². The molecule has 1 saturated carbocycles. The van der Waals surface area contributed by atoms with Gasteiger partial charge in [0.1, 0.15) is 18.0 Å². The van der Waals surface area contributed by atoms with Crippen LogP contribution in [0.1, 0.15) is 46.5 Å². The molecule has 0 aromatic heterocycles. The minimum atomic E-state index is -1.09. The molecule has 1 aliphatic carbocycles. The number of rotatable bonds is 8. The molecule has 2 aliphatic rings. The highest BCUT2D eigenvalue weighted by atomic mass is 16.7. The Hall–Kier alpha value is -2.49. The van der Waals surface area contributed by atoms with Crippen LogP contribution in [-0.4, -0.2) is 53.3 Å². The molecule has 1 unspecified atom stereocenters. The average Bonchev–Trinajstić information content (AvgIpc) is 3.48. The molecule has 1 spiro atoms. The number of hydrogen-bond donors (Lipinski definition) is 1. The number of benzene rings is 1. The van der Waals surface area contributed by atoms with E-state index in [1.54, 1.807) is 6.92 Å². The predicted octanol–water partition coefficient (Wildman–Crippen LogP) is 4.17. The van der Waals surface area contributed by atoms with E-state index in [0.29, 0.717) is 32.3 Å². The summed E-state index contributed by atoms with van der Waals surface area (Å²) in [4.78, 5) is 22.6. The van der Waals surface area contributed by atoms with Crippen molar-refractivity contribution < 1.29 is 33.8 Å². The molecule has 3 rings (SSSR count). The van der Waals surface area contributed by atoms with Crippen LogP contribution in [0.15, 0.2) is 35.9 Å². The molecule has 1 saturated heterocycles. The summed E-state index contributed by atoms with van der Waals surface area (Å²) in [5, 5.41) is 22.1. The fourth-order valence-electron chi connectivity index (χ4n) is 4.66. The van der Waals surface area contributed by atoms with Gasteiger partial charge in [-0.25, -0.2) is 4.79 Å². The maximum atomic E-state index is 12.4. The lowest BCUT2D eigenvalue weighted by atomic mass is 9.66. The number of nitrogens with zero attached hydrogens (tertiary/aromatic N) is 1. The molecular weight excluding hydrogens is 418 g/mol. The highest BCUT2D eigenvalue weighted by Crippen LogP contribution is 2.53. The maximum Gasteiger partial charge on any atom is 0.514 e. The molecule has 1 heterocycles. The van der Waals surface area contributed by atoms with Gasteiger partial charge in [0.2, 0.25) is 0 Å². The molecule has 2 fully saturated rings. The number of nitro groups is 1. The van der Waals surface area contributed by atoms with Crippen LogP contribution in [-0.2, 0) is 14.2 Å². The molecule has 1 aliphatic heterocycles. The van der Waals surface area contributed by atoms with Gasteiger partial charge in [-0.2, -0.15) is 0 Å². The average molecular weight is 450 g/mol. The van der Waals surface area contributed by atoms with Gasteiger partial charge in [-0.15, -0.1) is 0 Å². The first-order chi connectivity index (χ1) is 15.1. The van der Waals surface area contributed by atoms with Gasteiger partial charge in [0.05, 0.1) is 22.7 Å². The second kappa shape index (κ2) is 9.56. The first kappa shape index (κ1) is 24.2. The molecule has 0 bridgehead atoms. The van der Waals surface area contributed by atoms with Crippen molar-refractivity contribution in [1.29, 1.82) is 0 Å². The third kappa shape index (κ3) is 5.46. The Bertz CT molecular complexity index is 855. The van der Waals surface area contributed by atoms with E-state index in [2.05, 4.69) is 6.08 Å². The van der Waals surface area contributed by atoms with Crippen LogP contribution in [0.4, 0.5) is 10.5 Å². The molecule has 1 aromatic rings. The van der Waals surface area contributed by atoms with Gasteiger partial charge >= 0.3 is 6.16 Å². The van der Waals surface area contributed by atoms with Crippen LogP contribution in [0, 0.1) is 16.0 Å². The van der Waals surface area contributed by atoms with Crippen molar-refractivity contribution in [3.8, 4) is 5.75 Å². The molecule has 5 atom stereocenters. The summed E-state index contributed by atoms with van der Waals surface area (Å²) in [5.41, 5.74) is -0.490. The normalized spacial score (nSPS) is 28.5. The monoisotopic (exact) mass is 449 g/mol. The minimum Gasteiger partial charge on any atom is -0.428 e. The van der Waals surface area contributed by atoms with Crippen LogP contribution < -0.4 is 4.74 Å². The van der Waals surface area contributed by atoms with Crippen LogP contribution >= 0.6 is 0 Å². The number of allylic oxidation sites excluding steroid dienone is 2. The Morgan fingerprint density at radius 3 is 2.56 bits per heavy atom. The molecule has 9 heteroatoms. The van der Waals surface area contributed by atoms with Gasteiger partial charge in [-0.3, -0.25) is 10.1 Å². The smallest absolute Gasteiger partial charge is 0.428 e. The summed E-state index contributed by atoms with van der Waals surface area (Å²) in [6.07, 6.45) is 2.33. The zero-order valence-corrected chi connectivity index (χ0v) is 18.9. The van der Waals surface area contributed by atoms with Crippen molar-refractivity contribution in [2.24, 2.45) is 5.92 Å². The van der Waals surface area contributed by atoms with Crippen LogP contribution in [0.2, 0.25) is 0 Å². The number of carbonyl (C=O) groups excluding carboxylic acids is 1. The van der Waals surface area contributed by atoms with E-state index in [9.17, 15) is 20.0 Å². The SMILES string of the molecule is CO[C@H]1[C@H](C(C)(O)CCC=C(C)C)[C@]2(CC[C@H]1OC(=O)Oc1ccc([N+](=O)[O-])cc1)CO2. The largest absolute Gasteiger partial charge is 0.514 e. The first-order valence-electron chi connectivity index (χ1n) is 10.7. The van der Waals surface area contributed by atoms with Gasteiger partial charge in [0.25, 0.3) is 5.69 Å². The number of aliphatic hydroxyl groups is 1. The predicted molar refractivity (Wildman–Crippen MR) is 115 cm³/mol. The Morgan fingerprint density at radius 2 is 2.03 bits per heavy atom. The standard InChI is InChI=1S/C23H31NO8/c1-15(2)6-5-12-22(3,26)20-19(29-4)18(11-13-23(20)14-30-23)32-21(25)31-17-9-7-16(8-10-17)24(27)28/h6-10,18-20,26H,5,11-14H2,1-4H3/t18-,19-,20-,22?,23+/m1/s1. The number of epoxide rings is 1. The van der Waals surface area contributed by atoms with Crippen LogP contribution in [0.25, 0.3) is 0 Å². The maximum absolute atomic E-state index is 12.4. The topological polar surface area (TPSA) is 121 Å². The highest BCUT2D eigenvalue weighted by Gasteiger charge is 2.64. The summed E-state index contributed by atoms with van der Waals surface area (Å²) in [7, 11) is 1.53. The summed E-state index contributed by atoms with van der Waals surface area (Å²) >= 11 is 0. The van der Waals surface area contributed by atoms with E-state index in [1.807, 2.05) is 13.8 Å². The van der Waals surface area contributed by atoms with Crippen molar-refractivity contribution in [3.05, 3.63) is 46.0 Å². The number of carbonyl (C=O) groups is 1. The van der Waals surface area contributed by atoms with Crippen LogP contribution in [0.3, 0.4) is 0 Å². The van der Waals surface area contributed by atoms with E-state index in [0.717, 1.165) is 0 Å². The van der Waals surface area contributed by atoms with Crippen molar-refractivity contribution in [2.45, 2.75) is 69.9 Å². The molecule has 176 valence electrons. The van der Waals surface area contributed by atoms with Gasteiger partial charge < -0.3 is 24.1 Å². The lowest BCUT2D eigenvalue weighted by Gasteiger charge is -2.46. The molecule has 0 amide bonds. The number of non-ortho nitro benzene ring substituents is 1. The van der Waals surface area contributed by atoms with Gasteiger partial charge in [-0.05, 0) is 58.6 Å². The fraction of sp³-hybridized carbons (Fsp3) is 0.609. The minimum absolute atomic E-state index is 0.106. The summed E-state index contributed by atoms with van der Waals surface area (Å²) in [6.45, 7) is 6.35. The zero-order valence-electron chi connectivity index (χ0n) is 18.9. The van der Waals surface area contributed by atoms with Crippen LogP contribution in [0.5, 0.6) is 5.75 Å². The highest BCUT2D eigenvalue weighted by molar-refractivity contribution is 5.64.